The molecule has 0 aromatic heterocycles. The number of halogens is 2. The molecule has 1 fully saturated rings. The summed E-state index contributed by atoms with van der Waals surface area (Å²) in [5.74, 6) is 0.346. The van der Waals surface area contributed by atoms with Crippen molar-refractivity contribution in [1.29, 1.82) is 0 Å². The minimum atomic E-state index is -0.0502. The lowest BCUT2D eigenvalue weighted by Gasteiger charge is -2.34. The minimum Gasteiger partial charge on any atom is -0.494 e. The van der Waals surface area contributed by atoms with E-state index < -0.39 is 0 Å². The van der Waals surface area contributed by atoms with Gasteiger partial charge < -0.3 is 9.64 Å². The Kier molecular flexibility index (Phi) is 5.84. The third-order valence-electron chi connectivity index (χ3n) is 4.36. The first kappa shape index (κ1) is 18.1. The van der Waals surface area contributed by atoms with E-state index in [0.717, 1.165) is 19.6 Å². The molecule has 1 amide bonds. The summed E-state index contributed by atoms with van der Waals surface area (Å²) in [5, 5.41) is 0.696. The molecule has 0 atom stereocenters. The first-order chi connectivity index (χ1) is 12.1. The van der Waals surface area contributed by atoms with Gasteiger partial charge >= 0.3 is 0 Å². The zero-order chi connectivity index (χ0) is 17.8. The smallest absolute Gasteiger partial charge is 0.254 e. The molecular weight excluding hydrogens is 359 g/mol. The van der Waals surface area contributed by atoms with Gasteiger partial charge in [-0.1, -0.05) is 53.5 Å². The van der Waals surface area contributed by atoms with Gasteiger partial charge in [-0.3, -0.25) is 9.69 Å². The second kappa shape index (κ2) is 8.09. The number of amides is 1. The zero-order valence-electron chi connectivity index (χ0n) is 14.0. The Hall–Kier alpha value is -1.75. The van der Waals surface area contributed by atoms with Crippen LogP contribution in [0.3, 0.4) is 0 Å². The van der Waals surface area contributed by atoms with E-state index in [1.165, 1.54) is 12.7 Å². The molecule has 0 N–H and O–H groups in total. The van der Waals surface area contributed by atoms with Crippen LogP contribution in [0.25, 0.3) is 0 Å². The van der Waals surface area contributed by atoms with Crippen LogP contribution in [0.4, 0.5) is 0 Å². The quantitative estimate of drug-likeness (QED) is 0.806. The van der Waals surface area contributed by atoms with Crippen molar-refractivity contribution in [2.24, 2.45) is 0 Å². The number of piperazine rings is 1. The summed E-state index contributed by atoms with van der Waals surface area (Å²) in [4.78, 5) is 16.9. The molecule has 6 heteroatoms. The molecule has 25 heavy (non-hydrogen) atoms. The molecule has 2 aromatic rings. The molecule has 0 unspecified atom stereocenters. The standard InChI is InChI=1S/C19H20Cl2N2O2/c1-25-18-16(20)11-15(12-17(18)21)19(24)23-9-7-22(8-10-23)13-14-5-3-2-4-6-14/h2-6,11-12H,7-10,13H2,1H3. The maximum absolute atomic E-state index is 12.7. The molecule has 0 spiro atoms. The Labute approximate surface area is 157 Å². The van der Waals surface area contributed by atoms with Crippen LogP contribution in [0.5, 0.6) is 5.75 Å². The van der Waals surface area contributed by atoms with E-state index in [1.807, 2.05) is 23.1 Å². The summed E-state index contributed by atoms with van der Waals surface area (Å²) in [5.41, 5.74) is 1.78. The second-order valence-corrected chi connectivity index (χ2v) is 6.84. The van der Waals surface area contributed by atoms with Gasteiger partial charge in [-0.2, -0.15) is 0 Å². The van der Waals surface area contributed by atoms with Gasteiger partial charge in [0.15, 0.2) is 5.75 Å². The molecule has 0 bridgehead atoms. The summed E-state index contributed by atoms with van der Waals surface area (Å²) < 4.78 is 5.13. The van der Waals surface area contributed by atoms with Gasteiger partial charge in [0.2, 0.25) is 0 Å². The van der Waals surface area contributed by atoms with Crippen molar-refractivity contribution >= 4 is 29.1 Å². The van der Waals surface area contributed by atoms with Crippen LogP contribution >= 0.6 is 23.2 Å². The molecule has 132 valence electrons. The van der Waals surface area contributed by atoms with Crippen LogP contribution in [0.15, 0.2) is 42.5 Å². The summed E-state index contributed by atoms with van der Waals surface area (Å²) >= 11 is 12.3. The highest BCUT2D eigenvalue weighted by molar-refractivity contribution is 6.37. The van der Waals surface area contributed by atoms with Crippen LogP contribution in [0.2, 0.25) is 10.0 Å². The highest BCUT2D eigenvalue weighted by Crippen LogP contribution is 2.34. The van der Waals surface area contributed by atoms with Crippen LogP contribution < -0.4 is 4.74 Å². The molecule has 1 saturated heterocycles. The number of hydrogen-bond donors (Lipinski definition) is 0. The fourth-order valence-electron chi connectivity index (χ4n) is 3.01. The Morgan fingerprint density at radius 2 is 1.64 bits per heavy atom. The summed E-state index contributed by atoms with van der Waals surface area (Å²) in [6, 6.07) is 13.6. The number of carbonyl (C=O) groups excluding carboxylic acids is 1. The highest BCUT2D eigenvalue weighted by atomic mass is 35.5. The van der Waals surface area contributed by atoms with Crippen LogP contribution in [0.1, 0.15) is 15.9 Å². The van der Waals surface area contributed by atoms with E-state index in [2.05, 4.69) is 17.0 Å². The van der Waals surface area contributed by atoms with Gasteiger partial charge in [-0.05, 0) is 17.7 Å². The summed E-state index contributed by atoms with van der Waals surface area (Å²) in [6.45, 7) is 3.97. The molecule has 1 aliphatic heterocycles. The van der Waals surface area contributed by atoms with Crippen LogP contribution in [-0.2, 0) is 6.54 Å². The largest absolute Gasteiger partial charge is 0.494 e. The van der Waals surface area contributed by atoms with Gasteiger partial charge in [0.05, 0.1) is 17.2 Å². The first-order valence-electron chi connectivity index (χ1n) is 8.17. The third-order valence-corrected chi connectivity index (χ3v) is 4.92. The van der Waals surface area contributed by atoms with Crippen molar-refractivity contribution in [3.05, 3.63) is 63.6 Å². The van der Waals surface area contributed by atoms with Crippen molar-refractivity contribution in [2.75, 3.05) is 33.3 Å². The van der Waals surface area contributed by atoms with Gasteiger partial charge in [-0.15, -0.1) is 0 Å². The zero-order valence-corrected chi connectivity index (χ0v) is 15.6. The van der Waals surface area contributed by atoms with Crippen LogP contribution in [0, 0.1) is 0 Å². The Balaban J connectivity index is 1.62. The number of benzene rings is 2. The Morgan fingerprint density at radius 1 is 1.04 bits per heavy atom. The molecule has 1 heterocycles. The number of nitrogens with zero attached hydrogens (tertiary/aromatic N) is 2. The molecule has 1 aliphatic rings. The molecule has 0 saturated carbocycles. The Morgan fingerprint density at radius 3 is 2.20 bits per heavy atom. The van der Waals surface area contributed by atoms with E-state index in [0.29, 0.717) is 34.4 Å². The summed E-state index contributed by atoms with van der Waals surface area (Å²) in [6.07, 6.45) is 0. The van der Waals surface area contributed by atoms with Gasteiger partial charge in [-0.25, -0.2) is 0 Å². The molecule has 3 rings (SSSR count). The minimum absolute atomic E-state index is 0.0502. The van der Waals surface area contributed by atoms with E-state index in [9.17, 15) is 4.79 Å². The third kappa shape index (κ3) is 4.27. The number of rotatable bonds is 4. The molecule has 2 aromatic carbocycles. The molecular formula is C19H20Cl2N2O2. The van der Waals surface area contributed by atoms with Gasteiger partial charge in [0.25, 0.3) is 5.91 Å². The van der Waals surface area contributed by atoms with Crippen LogP contribution in [-0.4, -0.2) is 49.0 Å². The number of methoxy groups -OCH3 is 1. The average molecular weight is 379 g/mol. The molecule has 0 radical (unpaired) electrons. The van der Waals surface area contributed by atoms with Crippen molar-refractivity contribution < 1.29 is 9.53 Å². The number of ether oxygens (including phenoxy) is 1. The fraction of sp³-hybridized carbons (Fsp3) is 0.316. The lowest BCUT2D eigenvalue weighted by atomic mass is 10.1. The maximum Gasteiger partial charge on any atom is 0.254 e. The lowest BCUT2D eigenvalue weighted by Crippen LogP contribution is -2.48. The predicted molar refractivity (Wildman–Crippen MR) is 101 cm³/mol. The summed E-state index contributed by atoms with van der Waals surface area (Å²) in [7, 11) is 1.50. The van der Waals surface area contributed by atoms with Gasteiger partial charge in [0, 0.05) is 38.3 Å². The second-order valence-electron chi connectivity index (χ2n) is 6.03. The SMILES string of the molecule is COc1c(Cl)cc(C(=O)N2CCN(Cc3ccccc3)CC2)cc1Cl. The molecule has 4 nitrogen and oxygen atoms in total. The Bertz CT molecular complexity index is 721. The van der Waals surface area contributed by atoms with E-state index in [-0.39, 0.29) is 5.91 Å². The molecule has 0 aliphatic carbocycles. The highest BCUT2D eigenvalue weighted by Gasteiger charge is 2.23. The van der Waals surface area contributed by atoms with Gasteiger partial charge in [0.1, 0.15) is 0 Å². The van der Waals surface area contributed by atoms with E-state index in [4.69, 9.17) is 27.9 Å². The van der Waals surface area contributed by atoms with E-state index in [1.54, 1.807) is 12.1 Å². The average Bonchev–Trinajstić information content (AvgIpc) is 2.62. The number of carbonyl (C=O) groups is 1. The van der Waals surface area contributed by atoms with Crippen molar-refractivity contribution in [3.8, 4) is 5.75 Å². The monoisotopic (exact) mass is 378 g/mol. The maximum atomic E-state index is 12.7. The van der Waals surface area contributed by atoms with Crippen molar-refractivity contribution in [3.63, 3.8) is 0 Å². The van der Waals surface area contributed by atoms with Crippen molar-refractivity contribution in [1.82, 2.24) is 9.80 Å². The fourth-order valence-corrected chi connectivity index (χ4v) is 3.65. The predicted octanol–water partition coefficient (Wildman–Crippen LogP) is 3.96. The lowest BCUT2D eigenvalue weighted by molar-refractivity contribution is 0.0628. The topological polar surface area (TPSA) is 32.8 Å². The van der Waals surface area contributed by atoms with Crippen molar-refractivity contribution in [2.45, 2.75) is 6.54 Å². The number of hydrogen-bond acceptors (Lipinski definition) is 3. The normalized spacial score (nSPS) is 15.2. The van der Waals surface area contributed by atoms with E-state index >= 15 is 0 Å². The first-order valence-corrected chi connectivity index (χ1v) is 8.92.